The van der Waals surface area contributed by atoms with Crippen LogP contribution in [0.2, 0.25) is 0 Å². The van der Waals surface area contributed by atoms with Gasteiger partial charge in [0, 0.05) is 76.1 Å². The number of rotatable bonds is 12. The molecule has 1 aromatic carbocycles. The molecule has 0 bridgehead atoms. The molecule has 2 aliphatic carbocycles. The number of piperazine rings is 1. The summed E-state index contributed by atoms with van der Waals surface area (Å²) in [5, 5.41) is 3.38. The van der Waals surface area contributed by atoms with E-state index >= 15 is 0 Å². The van der Waals surface area contributed by atoms with Crippen molar-refractivity contribution in [2.45, 2.75) is 130 Å². The first-order valence-electron chi connectivity index (χ1n) is 19.3. The molecule has 1 aromatic heterocycles. The Balaban J connectivity index is 1.17. The molecule has 2 saturated carbocycles. The fourth-order valence-corrected chi connectivity index (χ4v) is 6.83. The van der Waals surface area contributed by atoms with Crippen molar-refractivity contribution in [3.8, 4) is 0 Å². The highest BCUT2D eigenvalue weighted by Gasteiger charge is 2.35. The average molecular weight is 720 g/mol. The first-order chi connectivity index (χ1) is 24.6. The van der Waals surface area contributed by atoms with Crippen LogP contribution in [0.15, 0.2) is 30.3 Å². The van der Waals surface area contributed by atoms with Crippen LogP contribution in [0.5, 0.6) is 0 Å². The summed E-state index contributed by atoms with van der Waals surface area (Å²) in [4.78, 5) is 56.4. The van der Waals surface area contributed by atoms with Gasteiger partial charge in [0.05, 0.1) is 0 Å². The van der Waals surface area contributed by atoms with E-state index in [2.05, 4.69) is 27.3 Å². The van der Waals surface area contributed by atoms with Gasteiger partial charge in [0.1, 0.15) is 17.0 Å². The van der Waals surface area contributed by atoms with Crippen molar-refractivity contribution in [3.05, 3.63) is 47.2 Å². The van der Waals surface area contributed by atoms with Crippen molar-refractivity contribution >= 4 is 29.9 Å². The molecule has 0 unspecified atom stereocenters. The molecule has 1 saturated heterocycles. The second-order valence-corrected chi connectivity index (χ2v) is 16.7. The molecule has 3 aliphatic rings. The number of benzene rings is 1. The molecule has 0 atom stereocenters. The number of anilines is 2. The molecule has 3 fully saturated rings. The maximum atomic E-state index is 13.4. The Labute approximate surface area is 310 Å². The normalized spacial score (nSPS) is 17.1. The topological polar surface area (TPSA) is 120 Å². The van der Waals surface area contributed by atoms with E-state index in [9.17, 15) is 14.4 Å². The molecule has 12 heteroatoms. The molecule has 2 aromatic rings. The summed E-state index contributed by atoms with van der Waals surface area (Å²) in [5.74, 6) is 2.00. The van der Waals surface area contributed by atoms with Crippen LogP contribution < -0.4 is 10.2 Å². The van der Waals surface area contributed by atoms with E-state index in [-0.39, 0.29) is 24.1 Å². The highest BCUT2D eigenvalue weighted by molar-refractivity contribution is 5.81. The van der Waals surface area contributed by atoms with Gasteiger partial charge in [-0.3, -0.25) is 4.79 Å². The minimum absolute atomic E-state index is 0.163. The number of hydrogen-bond donors (Lipinski definition) is 1. The highest BCUT2D eigenvalue weighted by Crippen LogP contribution is 2.31. The van der Waals surface area contributed by atoms with Gasteiger partial charge in [0.25, 0.3) is 0 Å². The molecule has 2 heterocycles. The number of nitrogens with zero attached hydrogens (tertiary/aromatic N) is 6. The van der Waals surface area contributed by atoms with Crippen molar-refractivity contribution < 1.29 is 23.9 Å². The van der Waals surface area contributed by atoms with Crippen LogP contribution in [0.1, 0.15) is 110 Å². The Morgan fingerprint density at radius 2 is 1.42 bits per heavy atom. The fourth-order valence-electron chi connectivity index (χ4n) is 6.83. The van der Waals surface area contributed by atoms with E-state index in [1.54, 1.807) is 4.90 Å². The molecule has 12 nitrogen and oxygen atoms in total. The zero-order valence-electron chi connectivity index (χ0n) is 32.6. The van der Waals surface area contributed by atoms with Crippen molar-refractivity contribution in [1.82, 2.24) is 24.7 Å². The van der Waals surface area contributed by atoms with Crippen molar-refractivity contribution in [2.75, 3.05) is 49.5 Å². The van der Waals surface area contributed by atoms with Gasteiger partial charge in [-0.1, -0.05) is 43.5 Å². The minimum Gasteiger partial charge on any atom is -0.444 e. The summed E-state index contributed by atoms with van der Waals surface area (Å²) in [6, 6.07) is 10.3. The Bertz CT molecular complexity index is 1500. The van der Waals surface area contributed by atoms with Crippen LogP contribution >= 0.6 is 0 Å². The number of hydrogen-bond acceptors (Lipinski definition) is 9. The zero-order chi connectivity index (χ0) is 37.5. The predicted octanol–water partition coefficient (Wildman–Crippen LogP) is 7.15. The molecule has 52 heavy (non-hydrogen) atoms. The molecule has 1 N–H and O–H groups in total. The third-order valence-electron chi connectivity index (χ3n) is 9.65. The molecular weight excluding hydrogens is 658 g/mol. The summed E-state index contributed by atoms with van der Waals surface area (Å²) < 4.78 is 11.6. The number of aryl methyl sites for hydroxylation is 1. The van der Waals surface area contributed by atoms with Gasteiger partial charge in [0.15, 0.2) is 0 Å². The lowest BCUT2D eigenvalue weighted by atomic mass is 9.94. The van der Waals surface area contributed by atoms with Gasteiger partial charge >= 0.3 is 12.2 Å². The van der Waals surface area contributed by atoms with Gasteiger partial charge in [-0.25, -0.2) is 14.6 Å². The Morgan fingerprint density at radius 1 is 0.808 bits per heavy atom. The summed E-state index contributed by atoms with van der Waals surface area (Å²) in [7, 11) is 0. The van der Waals surface area contributed by atoms with E-state index in [1.165, 1.54) is 6.42 Å². The highest BCUT2D eigenvalue weighted by atomic mass is 16.6. The molecule has 1 aliphatic heterocycles. The number of ether oxygens (including phenoxy) is 2. The smallest absolute Gasteiger partial charge is 0.410 e. The van der Waals surface area contributed by atoms with Gasteiger partial charge in [-0.15, -0.1) is 0 Å². The predicted molar refractivity (Wildman–Crippen MR) is 203 cm³/mol. The van der Waals surface area contributed by atoms with Crippen LogP contribution in [0.3, 0.4) is 0 Å². The quantitative estimate of drug-likeness (QED) is 0.244. The summed E-state index contributed by atoms with van der Waals surface area (Å²) in [6.07, 6.45) is 7.41. The zero-order valence-corrected chi connectivity index (χ0v) is 32.6. The van der Waals surface area contributed by atoms with Crippen LogP contribution in [0.4, 0.5) is 21.4 Å². The standard InChI is InChI=1S/C40H61N7O5/c1-29-26-34(44-22-24-45(25-23-44)35(48)32-18-19-32)43-36(42-29)41-27-30-14-16-31(17-15-30)28-46(37(49)51-39(2,3)4)20-11-21-47(33-12-9-8-10-13-33)38(50)52-40(5,6)7/h14-17,26,32-33H,8-13,18-25,27-28H2,1-7H3,(H,41,42,43). The van der Waals surface area contributed by atoms with Crippen LogP contribution in [0.25, 0.3) is 0 Å². The largest absolute Gasteiger partial charge is 0.444 e. The van der Waals surface area contributed by atoms with Gasteiger partial charge in [-0.05, 0) is 91.7 Å². The Kier molecular flexibility index (Phi) is 12.9. The lowest BCUT2D eigenvalue weighted by molar-refractivity contribution is -0.132. The summed E-state index contributed by atoms with van der Waals surface area (Å²) in [5.41, 5.74) is 1.73. The maximum absolute atomic E-state index is 13.4. The lowest BCUT2D eigenvalue weighted by Crippen LogP contribution is -2.49. The lowest BCUT2D eigenvalue weighted by Gasteiger charge is -2.36. The molecule has 286 valence electrons. The second-order valence-electron chi connectivity index (χ2n) is 16.7. The Morgan fingerprint density at radius 3 is 2.04 bits per heavy atom. The molecule has 3 amide bonds. The molecule has 5 rings (SSSR count). The van der Waals surface area contributed by atoms with E-state index in [0.717, 1.165) is 87.3 Å². The number of nitrogens with one attached hydrogen (secondary N) is 1. The fraction of sp³-hybridized carbons (Fsp3) is 0.675. The summed E-state index contributed by atoms with van der Waals surface area (Å²) >= 11 is 0. The van der Waals surface area contributed by atoms with E-state index in [4.69, 9.17) is 14.5 Å². The van der Waals surface area contributed by atoms with Gasteiger partial charge in [-0.2, -0.15) is 4.98 Å². The van der Waals surface area contributed by atoms with E-state index in [1.807, 2.05) is 76.5 Å². The van der Waals surface area contributed by atoms with Crippen molar-refractivity contribution in [1.29, 1.82) is 0 Å². The number of aromatic nitrogens is 2. The molecule has 0 spiro atoms. The third kappa shape index (κ3) is 12.0. The molecular formula is C40H61N7O5. The average Bonchev–Trinajstić information content (AvgIpc) is 3.93. The first kappa shape index (κ1) is 39.1. The molecule has 0 radical (unpaired) electrons. The minimum atomic E-state index is -0.628. The van der Waals surface area contributed by atoms with Crippen molar-refractivity contribution in [2.24, 2.45) is 5.92 Å². The SMILES string of the molecule is Cc1cc(N2CCN(C(=O)C3CC3)CC2)nc(NCc2ccc(CN(CCCN(C(=O)OC(C)(C)C)C3CCCCC3)C(=O)OC(C)(C)C)cc2)n1. The van der Waals surface area contributed by atoms with Gasteiger partial charge in [0.2, 0.25) is 11.9 Å². The summed E-state index contributed by atoms with van der Waals surface area (Å²) in [6.45, 7) is 18.2. The second kappa shape index (κ2) is 17.2. The number of amides is 3. The van der Waals surface area contributed by atoms with Crippen molar-refractivity contribution in [3.63, 3.8) is 0 Å². The number of carbonyl (C=O) groups excluding carboxylic acids is 3. The monoisotopic (exact) mass is 719 g/mol. The Hall–Kier alpha value is -4.09. The van der Waals surface area contributed by atoms with Crippen LogP contribution in [-0.2, 0) is 27.4 Å². The van der Waals surface area contributed by atoms with Crippen LogP contribution in [0, 0.1) is 12.8 Å². The van der Waals surface area contributed by atoms with E-state index in [0.29, 0.717) is 44.5 Å². The third-order valence-corrected chi connectivity index (χ3v) is 9.65. The first-order valence-corrected chi connectivity index (χ1v) is 19.3. The maximum Gasteiger partial charge on any atom is 0.410 e. The van der Waals surface area contributed by atoms with E-state index < -0.39 is 11.2 Å². The number of carbonyl (C=O) groups is 3. The van der Waals surface area contributed by atoms with Gasteiger partial charge < -0.3 is 34.4 Å². The van der Waals surface area contributed by atoms with Crippen LogP contribution in [-0.4, -0.2) is 99.3 Å².